The lowest BCUT2D eigenvalue weighted by atomic mass is 10.2. The zero-order valence-corrected chi connectivity index (χ0v) is 22.6. The number of rotatable bonds is 13. The minimum atomic E-state index is -0.975. The summed E-state index contributed by atoms with van der Waals surface area (Å²) < 4.78 is 0. The van der Waals surface area contributed by atoms with Crippen molar-refractivity contribution in [2.75, 3.05) is 23.7 Å². The highest BCUT2D eigenvalue weighted by Gasteiger charge is 2.05. The molecule has 4 amide bonds. The van der Waals surface area contributed by atoms with Crippen LogP contribution in [-0.2, 0) is 9.59 Å². The summed E-state index contributed by atoms with van der Waals surface area (Å²) in [6.45, 7) is 3.66. The molecular weight excluding hydrogens is 528 g/mol. The number of hydrogen-bond acceptors (Lipinski definition) is 6. The Labute approximate surface area is 228 Å². The van der Waals surface area contributed by atoms with Crippen LogP contribution in [0.3, 0.4) is 0 Å². The third-order valence-corrected chi connectivity index (χ3v) is 7.31. The van der Waals surface area contributed by atoms with Crippen molar-refractivity contribution in [2.45, 2.75) is 36.5 Å². The molecule has 0 bridgehead atoms. The highest BCUT2D eigenvalue weighted by molar-refractivity contribution is 8.76. The van der Waals surface area contributed by atoms with E-state index >= 15 is 0 Å². The van der Waals surface area contributed by atoms with Crippen molar-refractivity contribution in [3.63, 3.8) is 0 Å². The Morgan fingerprint density at radius 1 is 0.658 bits per heavy atom. The van der Waals surface area contributed by atoms with Crippen LogP contribution in [0.5, 0.6) is 0 Å². The van der Waals surface area contributed by atoms with E-state index < -0.39 is 11.9 Å². The number of anilines is 2. The van der Waals surface area contributed by atoms with Crippen LogP contribution in [0.15, 0.2) is 81.6 Å². The number of carbonyl (C=O) groups is 4. The van der Waals surface area contributed by atoms with Crippen molar-refractivity contribution in [3.05, 3.63) is 71.8 Å². The molecule has 38 heavy (non-hydrogen) atoms. The van der Waals surface area contributed by atoms with E-state index in [1.807, 2.05) is 24.3 Å². The van der Waals surface area contributed by atoms with Crippen LogP contribution in [-0.4, -0.2) is 47.3 Å². The van der Waals surface area contributed by atoms with E-state index in [9.17, 15) is 19.2 Å². The van der Waals surface area contributed by atoms with Crippen molar-refractivity contribution >= 4 is 57.0 Å². The van der Waals surface area contributed by atoms with Gasteiger partial charge in [-0.15, -0.1) is 0 Å². The molecule has 0 atom stereocenters. The lowest BCUT2D eigenvalue weighted by molar-refractivity contribution is -0.133. The van der Waals surface area contributed by atoms with Crippen LogP contribution >= 0.6 is 21.6 Å². The number of urea groups is 2. The van der Waals surface area contributed by atoms with Crippen LogP contribution in [0.2, 0.25) is 0 Å². The first-order valence-electron chi connectivity index (χ1n) is 11.6. The molecule has 0 saturated carbocycles. The number of carboxylic acid groups (broad SMARTS) is 2. The van der Waals surface area contributed by atoms with Gasteiger partial charge in [-0.2, -0.15) is 0 Å². The molecule has 0 spiro atoms. The summed E-state index contributed by atoms with van der Waals surface area (Å²) in [6, 6.07) is 14.0. The number of carbonyl (C=O) groups excluding carboxylic acids is 2. The summed E-state index contributed by atoms with van der Waals surface area (Å²) in [4.78, 5) is 47.4. The number of aliphatic carboxylic acids is 2. The van der Waals surface area contributed by atoms with Crippen LogP contribution in [0, 0.1) is 0 Å². The summed E-state index contributed by atoms with van der Waals surface area (Å²) in [5.74, 6) is -1.95. The minimum absolute atomic E-state index is 0.240. The fourth-order valence-electron chi connectivity index (χ4n) is 2.76. The highest BCUT2D eigenvalue weighted by Crippen LogP contribution is 2.38. The van der Waals surface area contributed by atoms with Crippen molar-refractivity contribution in [1.29, 1.82) is 0 Å². The summed E-state index contributed by atoms with van der Waals surface area (Å²) in [7, 11) is 3.10. The molecule has 10 nitrogen and oxygen atoms in total. The molecule has 6 N–H and O–H groups in total. The van der Waals surface area contributed by atoms with Gasteiger partial charge in [0, 0.05) is 45.4 Å². The van der Waals surface area contributed by atoms with E-state index in [2.05, 4.69) is 21.3 Å². The lowest BCUT2D eigenvalue weighted by Crippen LogP contribution is -2.29. The van der Waals surface area contributed by atoms with Crippen LogP contribution in [0.4, 0.5) is 21.0 Å². The third kappa shape index (κ3) is 11.9. The van der Waals surface area contributed by atoms with Crippen molar-refractivity contribution < 1.29 is 29.4 Å². The summed E-state index contributed by atoms with van der Waals surface area (Å²) in [5.41, 5.74) is 1.75. The Balaban J connectivity index is 1.70. The van der Waals surface area contributed by atoms with Gasteiger partial charge in [0.1, 0.15) is 0 Å². The number of carboxylic acids is 2. The SMILES string of the molecule is CC(=CCCNC(=O)Nc1ccc(SSc2ccc(NC(=O)NCCC=C(C)C(=O)O)cc2)cc1)C(=O)O. The molecule has 202 valence electrons. The predicted octanol–water partition coefficient (Wildman–Crippen LogP) is 5.57. The average Bonchev–Trinajstić information content (AvgIpc) is 2.89. The fraction of sp³-hybridized carbons (Fsp3) is 0.231. The third-order valence-electron chi connectivity index (χ3n) is 4.89. The maximum atomic E-state index is 12.0. The monoisotopic (exact) mass is 558 g/mol. The van der Waals surface area contributed by atoms with Crippen LogP contribution in [0.25, 0.3) is 0 Å². The largest absolute Gasteiger partial charge is 0.478 e. The number of benzene rings is 2. The van der Waals surface area contributed by atoms with Crippen LogP contribution < -0.4 is 21.3 Å². The second-order valence-electron chi connectivity index (χ2n) is 7.94. The first kappa shape index (κ1) is 30.3. The van der Waals surface area contributed by atoms with Gasteiger partial charge in [-0.3, -0.25) is 0 Å². The van der Waals surface area contributed by atoms with Gasteiger partial charge in [-0.05, 0) is 75.2 Å². The van der Waals surface area contributed by atoms with Gasteiger partial charge in [0.05, 0.1) is 0 Å². The highest BCUT2D eigenvalue weighted by atomic mass is 33.1. The summed E-state index contributed by atoms with van der Waals surface area (Å²) >= 11 is 0. The zero-order chi connectivity index (χ0) is 27.9. The van der Waals surface area contributed by atoms with Gasteiger partial charge < -0.3 is 31.5 Å². The second-order valence-corrected chi connectivity index (χ2v) is 10.2. The molecule has 0 aromatic heterocycles. The molecular formula is C26H30N4O6S2. The normalized spacial score (nSPS) is 11.4. The quantitative estimate of drug-likeness (QED) is 0.106. The van der Waals surface area contributed by atoms with Gasteiger partial charge in [0.15, 0.2) is 0 Å². The van der Waals surface area contributed by atoms with Gasteiger partial charge in [0.25, 0.3) is 0 Å². The van der Waals surface area contributed by atoms with Gasteiger partial charge in [0.2, 0.25) is 0 Å². The fourth-order valence-corrected chi connectivity index (χ4v) is 4.69. The summed E-state index contributed by atoms with van der Waals surface area (Å²) in [5, 5.41) is 28.4. The Hall–Kier alpha value is -3.90. The maximum absolute atomic E-state index is 12.0. The lowest BCUT2D eigenvalue weighted by Gasteiger charge is -2.08. The first-order chi connectivity index (χ1) is 18.1. The molecule has 0 fully saturated rings. The molecule has 12 heteroatoms. The molecule has 0 unspecified atom stereocenters. The molecule has 2 rings (SSSR count). The minimum Gasteiger partial charge on any atom is -0.478 e. The Morgan fingerprint density at radius 3 is 1.32 bits per heavy atom. The Kier molecular flexibility index (Phi) is 12.8. The number of nitrogens with one attached hydrogen (secondary N) is 4. The second kappa shape index (κ2) is 16.0. The topological polar surface area (TPSA) is 157 Å². The van der Waals surface area contributed by atoms with E-state index in [-0.39, 0.29) is 23.2 Å². The molecule has 0 aliphatic rings. The van der Waals surface area contributed by atoms with Gasteiger partial charge >= 0.3 is 24.0 Å². The smallest absolute Gasteiger partial charge is 0.330 e. The zero-order valence-electron chi connectivity index (χ0n) is 20.9. The van der Waals surface area contributed by atoms with E-state index in [4.69, 9.17) is 10.2 Å². The van der Waals surface area contributed by atoms with Crippen molar-refractivity contribution in [2.24, 2.45) is 0 Å². The van der Waals surface area contributed by atoms with Gasteiger partial charge in [-0.25, -0.2) is 19.2 Å². The molecule has 0 radical (unpaired) electrons. The molecule has 0 aliphatic heterocycles. The van der Waals surface area contributed by atoms with E-state index in [0.29, 0.717) is 37.3 Å². The Bertz CT molecular complexity index is 1090. The van der Waals surface area contributed by atoms with Crippen LogP contribution in [0.1, 0.15) is 26.7 Å². The van der Waals surface area contributed by atoms with E-state index in [1.54, 1.807) is 58.0 Å². The van der Waals surface area contributed by atoms with Crippen molar-refractivity contribution in [1.82, 2.24) is 10.6 Å². The van der Waals surface area contributed by atoms with Gasteiger partial charge in [-0.1, -0.05) is 33.7 Å². The molecule has 2 aromatic rings. The number of amides is 4. The Morgan fingerprint density at radius 2 is 1.00 bits per heavy atom. The van der Waals surface area contributed by atoms with E-state index in [0.717, 1.165) is 9.79 Å². The van der Waals surface area contributed by atoms with Crippen molar-refractivity contribution in [3.8, 4) is 0 Å². The predicted molar refractivity (Wildman–Crippen MR) is 151 cm³/mol. The standard InChI is InChI=1S/C26H30N4O6S2/c1-17(23(31)32)5-3-15-27-25(35)29-19-7-11-21(12-8-19)37-38-22-13-9-20(10-14-22)30-26(36)28-16-4-6-18(2)24(33)34/h5-14H,3-4,15-16H2,1-2H3,(H,31,32)(H,33,34)(H2,27,29,35)(H2,28,30,36). The first-order valence-corrected chi connectivity index (χ1v) is 13.7. The molecule has 0 saturated heterocycles. The average molecular weight is 559 g/mol. The maximum Gasteiger partial charge on any atom is 0.330 e. The summed E-state index contributed by atoms with van der Waals surface area (Å²) in [6.07, 6.45) is 3.97. The molecule has 0 aliphatic carbocycles. The number of hydrogen-bond donors (Lipinski definition) is 6. The van der Waals surface area contributed by atoms with E-state index in [1.165, 1.54) is 13.8 Å². The molecule has 2 aromatic carbocycles. The molecule has 0 heterocycles.